The van der Waals surface area contributed by atoms with Gasteiger partial charge in [0.2, 0.25) is 0 Å². The van der Waals surface area contributed by atoms with E-state index in [4.69, 9.17) is 11.6 Å². The molecule has 4 heteroatoms. The van der Waals surface area contributed by atoms with Crippen molar-refractivity contribution in [3.05, 3.63) is 45.4 Å². The Balaban J connectivity index is 2.02. The maximum absolute atomic E-state index is 5.80. The van der Waals surface area contributed by atoms with Gasteiger partial charge < -0.3 is 5.32 Å². The van der Waals surface area contributed by atoms with Crippen molar-refractivity contribution in [1.29, 1.82) is 0 Å². The van der Waals surface area contributed by atoms with E-state index in [1.807, 2.05) is 12.1 Å². The molecule has 0 aliphatic carbocycles. The van der Waals surface area contributed by atoms with Gasteiger partial charge in [0.1, 0.15) is 9.34 Å². The summed E-state index contributed by atoms with van der Waals surface area (Å²) in [6, 6.07) is 8.19. The number of aromatic nitrogens is 1. The van der Waals surface area contributed by atoms with Gasteiger partial charge in [-0.3, -0.25) is 0 Å². The molecule has 0 radical (unpaired) electrons. The molecule has 0 aliphatic rings. The van der Waals surface area contributed by atoms with Crippen molar-refractivity contribution in [2.24, 2.45) is 0 Å². The first-order chi connectivity index (χ1) is 7.25. The zero-order valence-electron chi connectivity index (χ0n) is 8.33. The lowest BCUT2D eigenvalue weighted by Gasteiger charge is -2.06. The predicted molar refractivity (Wildman–Crippen MR) is 65.6 cm³/mol. The molecule has 1 aromatic heterocycles. The van der Waals surface area contributed by atoms with Crippen LogP contribution in [0.2, 0.25) is 4.34 Å². The SMILES string of the molecule is Cc1ccccc1NCc1ncc(Cl)s1. The number of thiazole rings is 1. The highest BCUT2D eigenvalue weighted by Gasteiger charge is 2.00. The predicted octanol–water partition coefficient (Wildman–Crippen LogP) is 3.72. The van der Waals surface area contributed by atoms with Crippen molar-refractivity contribution in [3.63, 3.8) is 0 Å². The van der Waals surface area contributed by atoms with Crippen molar-refractivity contribution < 1.29 is 0 Å². The molecule has 1 aromatic carbocycles. The second kappa shape index (κ2) is 4.64. The maximum Gasteiger partial charge on any atom is 0.113 e. The summed E-state index contributed by atoms with van der Waals surface area (Å²) in [7, 11) is 0. The maximum atomic E-state index is 5.80. The lowest BCUT2D eigenvalue weighted by atomic mass is 10.2. The molecule has 78 valence electrons. The van der Waals surface area contributed by atoms with E-state index in [9.17, 15) is 0 Å². The fraction of sp³-hybridized carbons (Fsp3) is 0.182. The summed E-state index contributed by atoms with van der Waals surface area (Å²) < 4.78 is 0.733. The van der Waals surface area contributed by atoms with Crippen molar-refractivity contribution in [3.8, 4) is 0 Å². The molecule has 0 bridgehead atoms. The van der Waals surface area contributed by atoms with E-state index < -0.39 is 0 Å². The molecule has 0 atom stereocenters. The van der Waals surface area contributed by atoms with Crippen molar-refractivity contribution in [2.75, 3.05) is 5.32 Å². The number of nitrogens with zero attached hydrogens (tertiary/aromatic N) is 1. The normalized spacial score (nSPS) is 10.3. The topological polar surface area (TPSA) is 24.9 Å². The van der Waals surface area contributed by atoms with Crippen LogP contribution in [0.1, 0.15) is 10.6 Å². The highest BCUT2D eigenvalue weighted by molar-refractivity contribution is 7.15. The van der Waals surface area contributed by atoms with Gasteiger partial charge in [0.05, 0.1) is 12.7 Å². The Bertz CT molecular complexity index is 453. The lowest BCUT2D eigenvalue weighted by Crippen LogP contribution is -1.99. The van der Waals surface area contributed by atoms with Crippen LogP contribution < -0.4 is 5.32 Å². The highest BCUT2D eigenvalue weighted by Crippen LogP contribution is 2.20. The summed E-state index contributed by atoms with van der Waals surface area (Å²) in [5.41, 5.74) is 2.38. The number of rotatable bonds is 3. The fourth-order valence-corrected chi connectivity index (χ4v) is 2.21. The van der Waals surface area contributed by atoms with Crippen LogP contribution in [0.3, 0.4) is 0 Å². The number of para-hydroxylation sites is 1. The zero-order valence-corrected chi connectivity index (χ0v) is 9.90. The first-order valence-electron chi connectivity index (χ1n) is 4.65. The van der Waals surface area contributed by atoms with E-state index in [0.717, 1.165) is 21.6 Å². The summed E-state index contributed by atoms with van der Waals surface area (Å²) in [5, 5.41) is 4.33. The summed E-state index contributed by atoms with van der Waals surface area (Å²) in [6.45, 7) is 2.80. The molecule has 1 N–H and O–H groups in total. The van der Waals surface area contributed by atoms with Gasteiger partial charge in [-0.05, 0) is 18.6 Å². The summed E-state index contributed by atoms with van der Waals surface area (Å²) in [5.74, 6) is 0. The second-order valence-corrected chi connectivity index (χ2v) is 4.97. The van der Waals surface area contributed by atoms with Gasteiger partial charge in [0, 0.05) is 5.69 Å². The molecule has 0 saturated carbocycles. The van der Waals surface area contributed by atoms with Gasteiger partial charge in [-0.15, -0.1) is 11.3 Å². The van der Waals surface area contributed by atoms with Gasteiger partial charge in [0.15, 0.2) is 0 Å². The highest BCUT2D eigenvalue weighted by atomic mass is 35.5. The quantitative estimate of drug-likeness (QED) is 0.882. The van der Waals surface area contributed by atoms with Gasteiger partial charge in [-0.2, -0.15) is 0 Å². The van der Waals surface area contributed by atoms with Gasteiger partial charge in [-0.1, -0.05) is 29.8 Å². The smallest absolute Gasteiger partial charge is 0.113 e. The first kappa shape index (κ1) is 10.5. The van der Waals surface area contributed by atoms with Gasteiger partial charge in [0.25, 0.3) is 0 Å². The fourth-order valence-electron chi connectivity index (χ4n) is 1.31. The summed E-state index contributed by atoms with van der Waals surface area (Å²) >= 11 is 7.31. The van der Waals surface area contributed by atoms with Crippen LogP contribution in [-0.4, -0.2) is 4.98 Å². The molecule has 0 spiro atoms. The minimum atomic E-state index is 0.724. The van der Waals surface area contributed by atoms with Crippen molar-refractivity contribution in [2.45, 2.75) is 13.5 Å². The third-order valence-electron chi connectivity index (χ3n) is 2.10. The average molecular weight is 239 g/mol. The third kappa shape index (κ3) is 2.70. The minimum Gasteiger partial charge on any atom is -0.378 e. The first-order valence-corrected chi connectivity index (χ1v) is 5.85. The monoisotopic (exact) mass is 238 g/mol. The molecule has 2 nitrogen and oxygen atoms in total. The van der Waals surface area contributed by atoms with Crippen LogP contribution in [0.25, 0.3) is 0 Å². The van der Waals surface area contributed by atoms with Crippen LogP contribution in [-0.2, 0) is 6.54 Å². The molecule has 2 aromatic rings. The molecular formula is C11H11ClN2S. The molecule has 2 rings (SSSR count). The van der Waals surface area contributed by atoms with Crippen LogP contribution in [0.5, 0.6) is 0 Å². The number of hydrogen-bond acceptors (Lipinski definition) is 3. The number of halogens is 1. The van der Waals surface area contributed by atoms with E-state index in [1.54, 1.807) is 6.20 Å². The van der Waals surface area contributed by atoms with Crippen LogP contribution in [0.4, 0.5) is 5.69 Å². The number of benzene rings is 1. The Morgan fingerprint density at radius 3 is 2.87 bits per heavy atom. The molecular weight excluding hydrogens is 228 g/mol. The third-order valence-corrected chi connectivity index (χ3v) is 3.22. The molecule has 0 fully saturated rings. The van der Waals surface area contributed by atoms with Crippen LogP contribution in [0, 0.1) is 6.92 Å². The van der Waals surface area contributed by atoms with Gasteiger partial charge in [-0.25, -0.2) is 4.98 Å². The summed E-state index contributed by atoms with van der Waals surface area (Å²) in [6.07, 6.45) is 1.68. The zero-order chi connectivity index (χ0) is 10.7. The standard InChI is InChI=1S/C11H11ClN2S/c1-8-4-2-3-5-9(8)13-7-11-14-6-10(12)15-11/h2-6,13H,7H2,1H3. The Morgan fingerprint density at radius 2 is 2.20 bits per heavy atom. The molecule has 0 aliphatic heterocycles. The number of nitrogens with one attached hydrogen (secondary N) is 1. The van der Waals surface area contributed by atoms with E-state index in [1.165, 1.54) is 16.9 Å². The number of hydrogen-bond donors (Lipinski definition) is 1. The number of aryl methyl sites for hydroxylation is 1. The lowest BCUT2D eigenvalue weighted by molar-refractivity contribution is 1.10. The van der Waals surface area contributed by atoms with E-state index in [2.05, 4.69) is 29.4 Å². The Morgan fingerprint density at radius 1 is 1.40 bits per heavy atom. The largest absolute Gasteiger partial charge is 0.378 e. The Kier molecular flexibility index (Phi) is 3.23. The van der Waals surface area contributed by atoms with Crippen LogP contribution >= 0.6 is 22.9 Å². The Hall–Kier alpha value is -1.06. The second-order valence-electron chi connectivity index (χ2n) is 3.23. The molecule has 0 saturated heterocycles. The van der Waals surface area contributed by atoms with Crippen molar-refractivity contribution in [1.82, 2.24) is 4.98 Å². The average Bonchev–Trinajstić information content (AvgIpc) is 2.63. The van der Waals surface area contributed by atoms with E-state index in [0.29, 0.717) is 0 Å². The Labute approximate surface area is 97.9 Å². The van der Waals surface area contributed by atoms with Crippen LogP contribution in [0.15, 0.2) is 30.5 Å². The number of anilines is 1. The molecule has 1 heterocycles. The molecule has 0 unspecified atom stereocenters. The summed E-state index contributed by atoms with van der Waals surface area (Å²) in [4.78, 5) is 4.18. The molecule has 0 amide bonds. The van der Waals surface area contributed by atoms with Gasteiger partial charge >= 0.3 is 0 Å². The molecule has 15 heavy (non-hydrogen) atoms. The van der Waals surface area contributed by atoms with E-state index >= 15 is 0 Å². The minimum absolute atomic E-state index is 0.724. The van der Waals surface area contributed by atoms with Crippen molar-refractivity contribution >= 4 is 28.6 Å². The van der Waals surface area contributed by atoms with E-state index in [-0.39, 0.29) is 0 Å².